The van der Waals surface area contributed by atoms with Gasteiger partial charge >= 0.3 is 0 Å². The van der Waals surface area contributed by atoms with E-state index in [1.54, 1.807) is 0 Å². The number of ether oxygens (including phenoxy) is 1. The lowest BCUT2D eigenvalue weighted by Gasteiger charge is -2.44. The molecule has 7 nitrogen and oxygen atoms in total. The third kappa shape index (κ3) is 6.05. The normalized spacial score (nSPS) is 13.5. The Morgan fingerprint density at radius 3 is 1.69 bits per heavy atom. The number of nitrogens with zero attached hydrogens (tertiary/aromatic N) is 6. The number of rotatable bonds is 8. The highest BCUT2D eigenvalue weighted by atomic mass is 16.5. The molecule has 0 radical (unpaired) electrons. The Kier molecular flexibility index (Phi) is 8.40. The molecule has 59 heavy (non-hydrogen) atoms. The quantitative estimate of drug-likeness (QED) is 0.143. The number of fused-ring (bicyclic) bond motifs is 4. The molecule has 0 saturated carbocycles. The molecule has 11 rings (SSSR count). The maximum absolute atomic E-state index is 6.63. The van der Waals surface area contributed by atoms with Gasteiger partial charge in [0.15, 0.2) is 0 Å². The Labute approximate surface area is 345 Å². The van der Waals surface area contributed by atoms with Gasteiger partial charge in [0, 0.05) is 77.6 Å². The molecule has 0 spiro atoms. The van der Waals surface area contributed by atoms with E-state index in [4.69, 9.17) is 9.72 Å². The van der Waals surface area contributed by atoms with Gasteiger partial charge in [0.1, 0.15) is 17.3 Å². The Balaban J connectivity index is 1.12. The van der Waals surface area contributed by atoms with Crippen molar-refractivity contribution in [2.24, 2.45) is 0 Å². The van der Waals surface area contributed by atoms with Crippen LogP contribution in [0.15, 0.2) is 207 Å². The van der Waals surface area contributed by atoms with Gasteiger partial charge in [-0.3, -0.25) is 4.90 Å². The molecule has 8 heteroatoms. The maximum Gasteiger partial charge on any atom is 0.252 e. The SMILES string of the molecule is CN1C=CN(c2cccc(Oc3cccc(N(c4cc5c6c(c4)N(c4ccccc4)c4ccccc4B6c4ccccc4N5c4ccccc4)c4ccccn4)c3)c2)C1. The van der Waals surface area contributed by atoms with Crippen LogP contribution >= 0.6 is 0 Å². The molecule has 4 heterocycles. The van der Waals surface area contributed by atoms with Crippen LogP contribution in [0.25, 0.3) is 0 Å². The molecule has 0 unspecified atom stereocenters. The third-order valence-corrected chi connectivity index (χ3v) is 11.4. The van der Waals surface area contributed by atoms with E-state index < -0.39 is 0 Å². The Hall–Kier alpha value is -7.71. The first kappa shape index (κ1) is 34.5. The molecule has 7 aromatic carbocycles. The first-order valence-electron chi connectivity index (χ1n) is 20.0. The molecule has 0 saturated heterocycles. The summed E-state index contributed by atoms with van der Waals surface area (Å²) in [5.74, 6) is 2.30. The van der Waals surface area contributed by atoms with Crippen LogP contribution in [-0.4, -0.2) is 30.3 Å². The van der Waals surface area contributed by atoms with Crippen molar-refractivity contribution >= 4 is 80.1 Å². The van der Waals surface area contributed by atoms with E-state index in [2.05, 4.69) is 202 Å². The minimum Gasteiger partial charge on any atom is -0.457 e. The molecule has 8 aromatic rings. The van der Waals surface area contributed by atoms with Gasteiger partial charge < -0.3 is 24.3 Å². The van der Waals surface area contributed by atoms with Crippen molar-refractivity contribution in [1.82, 2.24) is 9.88 Å². The fourth-order valence-corrected chi connectivity index (χ4v) is 8.87. The highest BCUT2D eigenvalue weighted by Crippen LogP contribution is 2.48. The summed E-state index contributed by atoms with van der Waals surface area (Å²) in [6.07, 6.45) is 6.03. The molecule has 0 bridgehead atoms. The van der Waals surface area contributed by atoms with Crippen molar-refractivity contribution in [2.75, 3.05) is 33.3 Å². The van der Waals surface area contributed by atoms with Gasteiger partial charge in [-0.15, -0.1) is 0 Å². The standard InChI is InChI=1S/C51H39BN6O/c1-54-30-31-55(36-54)39-20-14-22-42(32-39)59-43-23-15-21-40(33-43)56(50-28-12-13-29-53-50)41-34-48-51-49(35-41)58(38-18-6-3-7-19-38)47-27-11-9-25-45(47)52(51)44-24-8-10-26-46(44)57(48)37-16-4-2-5-17-37/h2-35H,36H2,1H3. The number of anilines is 10. The third-order valence-electron chi connectivity index (χ3n) is 11.4. The predicted octanol–water partition coefficient (Wildman–Crippen LogP) is 10.6. The topological polar surface area (TPSA) is 38.3 Å². The molecule has 0 N–H and O–H groups in total. The van der Waals surface area contributed by atoms with Gasteiger partial charge in [0.05, 0.1) is 18.0 Å². The number of pyridine rings is 1. The van der Waals surface area contributed by atoms with E-state index in [1.165, 1.54) is 27.8 Å². The van der Waals surface area contributed by atoms with Crippen LogP contribution in [0.3, 0.4) is 0 Å². The van der Waals surface area contributed by atoms with Gasteiger partial charge in [-0.25, -0.2) is 4.98 Å². The molecule has 3 aliphatic rings. The molecule has 1 aromatic heterocycles. The van der Waals surface area contributed by atoms with Crippen LogP contribution in [0.4, 0.5) is 57.0 Å². The van der Waals surface area contributed by atoms with Crippen LogP contribution < -0.4 is 40.7 Å². The van der Waals surface area contributed by atoms with Gasteiger partial charge in [-0.1, -0.05) is 91.0 Å². The summed E-state index contributed by atoms with van der Waals surface area (Å²) in [5, 5.41) is 0. The number of hydrogen-bond acceptors (Lipinski definition) is 7. The monoisotopic (exact) mass is 762 g/mol. The van der Waals surface area contributed by atoms with Gasteiger partial charge in [0.25, 0.3) is 6.71 Å². The fraction of sp³-hybridized carbons (Fsp3) is 0.0392. The second-order valence-corrected chi connectivity index (χ2v) is 15.1. The molecule has 0 fully saturated rings. The highest BCUT2D eigenvalue weighted by molar-refractivity contribution is 7.00. The van der Waals surface area contributed by atoms with Crippen LogP contribution in [0, 0.1) is 0 Å². The summed E-state index contributed by atoms with van der Waals surface area (Å²) >= 11 is 0. The summed E-state index contributed by atoms with van der Waals surface area (Å²) in [5.41, 5.74) is 13.6. The second-order valence-electron chi connectivity index (χ2n) is 15.1. The summed E-state index contributed by atoms with van der Waals surface area (Å²) < 4.78 is 6.63. The van der Waals surface area contributed by atoms with Crippen LogP contribution in [0.2, 0.25) is 0 Å². The lowest BCUT2D eigenvalue weighted by molar-refractivity contribution is 0.481. The van der Waals surface area contributed by atoms with Crippen LogP contribution in [0.5, 0.6) is 11.5 Å². The second kappa shape index (κ2) is 14.3. The maximum atomic E-state index is 6.63. The zero-order valence-electron chi connectivity index (χ0n) is 32.5. The molecule has 3 aliphatic heterocycles. The molecular weight excluding hydrogens is 723 g/mol. The molecule has 282 valence electrons. The van der Waals surface area contributed by atoms with Gasteiger partial charge in [-0.05, 0) is 101 Å². The van der Waals surface area contributed by atoms with Crippen molar-refractivity contribution in [1.29, 1.82) is 0 Å². The zero-order chi connectivity index (χ0) is 39.3. The summed E-state index contributed by atoms with van der Waals surface area (Å²) in [6, 6.07) is 66.5. The van der Waals surface area contributed by atoms with Gasteiger partial charge in [0.2, 0.25) is 0 Å². The smallest absolute Gasteiger partial charge is 0.252 e. The largest absolute Gasteiger partial charge is 0.457 e. The Morgan fingerprint density at radius 2 is 1.08 bits per heavy atom. The van der Waals surface area contributed by atoms with Gasteiger partial charge in [-0.2, -0.15) is 0 Å². The number of para-hydroxylation sites is 4. The summed E-state index contributed by atoms with van der Waals surface area (Å²) in [6.45, 7) is 0.816. The zero-order valence-corrected chi connectivity index (χ0v) is 32.5. The van der Waals surface area contributed by atoms with E-state index in [1.807, 2.05) is 36.5 Å². The minimum atomic E-state index is 0.0219. The highest BCUT2D eigenvalue weighted by Gasteiger charge is 2.43. The first-order chi connectivity index (χ1) is 29.2. The number of hydrogen-bond donors (Lipinski definition) is 0. The van der Waals surface area contributed by atoms with Crippen LogP contribution in [-0.2, 0) is 0 Å². The van der Waals surface area contributed by atoms with Crippen molar-refractivity contribution in [3.8, 4) is 11.5 Å². The summed E-state index contributed by atoms with van der Waals surface area (Å²) in [4.78, 5) is 16.4. The van der Waals surface area contributed by atoms with Crippen molar-refractivity contribution in [3.05, 3.63) is 207 Å². The minimum absolute atomic E-state index is 0.0219. The van der Waals surface area contributed by atoms with Crippen LogP contribution in [0.1, 0.15) is 0 Å². The lowest BCUT2D eigenvalue weighted by atomic mass is 9.33. The van der Waals surface area contributed by atoms with Crippen molar-refractivity contribution in [2.45, 2.75) is 0 Å². The number of aromatic nitrogens is 1. The predicted molar refractivity (Wildman–Crippen MR) is 244 cm³/mol. The number of benzene rings is 7. The molecule has 0 atom stereocenters. The van der Waals surface area contributed by atoms with Crippen molar-refractivity contribution < 1.29 is 4.74 Å². The lowest BCUT2D eigenvalue weighted by Crippen LogP contribution is -2.61. The van der Waals surface area contributed by atoms with E-state index >= 15 is 0 Å². The average molecular weight is 763 g/mol. The molecular formula is C51H39BN6O. The molecule has 0 amide bonds. The van der Waals surface area contributed by atoms with E-state index in [9.17, 15) is 0 Å². The average Bonchev–Trinajstić information content (AvgIpc) is 3.73. The fourth-order valence-electron chi connectivity index (χ4n) is 8.87. The molecule has 0 aliphatic carbocycles. The first-order valence-corrected chi connectivity index (χ1v) is 20.0. The van der Waals surface area contributed by atoms with Crippen molar-refractivity contribution in [3.63, 3.8) is 0 Å². The van der Waals surface area contributed by atoms with E-state index in [-0.39, 0.29) is 6.71 Å². The Morgan fingerprint density at radius 1 is 0.508 bits per heavy atom. The summed E-state index contributed by atoms with van der Waals surface area (Å²) in [7, 11) is 2.07. The Bertz CT molecular complexity index is 2740. The van der Waals surface area contributed by atoms with E-state index in [0.717, 1.165) is 63.8 Å². The van der Waals surface area contributed by atoms with E-state index in [0.29, 0.717) is 0 Å².